The van der Waals surface area contributed by atoms with Crippen LogP contribution in [0.5, 0.6) is 0 Å². The van der Waals surface area contributed by atoms with Crippen LogP contribution in [-0.4, -0.2) is 82.1 Å². The summed E-state index contributed by atoms with van der Waals surface area (Å²) < 4.78 is 62.6. The lowest BCUT2D eigenvalue weighted by molar-refractivity contribution is -0.203. The van der Waals surface area contributed by atoms with Crippen LogP contribution in [0.15, 0.2) is 0 Å². The van der Waals surface area contributed by atoms with Crippen molar-refractivity contribution in [3.05, 3.63) is 0 Å². The third kappa shape index (κ3) is 5.75. The zero-order chi connectivity index (χ0) is 26.2. The molecule has 0 aromatic heterocycles. The van der Waals surface area contributed by atoms with Gasteiger partial charge in [-0.1, -0.05) is 13.8 Å². The molecule has 2 fully saturated rings. The number of rotatable bonds is 9. The first kappa shape index (κ1) is 27.3. The number of imide groups is 2. The molecular weight excluding hydrogens is 508 g/mol. The maximum Gasteiger partial charge on any atom is 0.336 e. The molecule has 0 spiro atoms. The van der Waals surface area contributed by atoms with Crippen molar-refractivity contribution in [2.24, 2.45) is 11.8 Å². The van der Waals surface area contributed by atoms with Crippen molar-refractivity contribution in [2.75, 3.05) is 0 Å². The van der Waals surface area contributed by atoms with E-state index in [9.17, 15) is 45.6 Å². The monoisotopic (exact) mass is 528 g/mol. The number of hydroxylamine groups is 4. The van der Waals surface area contributed by atoms with Crippen LogP contribution in [0.2, 0.25) is 0 Å². The molecule has 2 aliphatic rings. The number of hydrogen-bond acceptors (Lipinski definition) is 12. The van der Waals surface area contributed by atoms with Gasteiger partial charge in [-0.3, -0.25) is 28.3 Å². The Balaban J connectivity index is 2.02. The molecule has 0 saturated carbocycles. The Hall–Kier alpha value is -2.96. The summed E-state index contributed by atoms with van der Waals surface area (Å²) >= 11 is 0. The van der Waals surface area contributed by atoms with Gasteiger partial charge in [0.05, 0.1) is 24.7 Å². The Morgan fingerprint density at radius 1 is 0.882 bits per heavy atom. The van der Waals surface area contributed by atoms with Gasteiger partial charge in [-0.05, 0) is 12.8 Å². The lowest BCUT2D eigenvalue weighted by Crippen LogP contribution is -2.39. The fourth-order valence-corrected chi connectivity index (χ4v) is 4.53. The predicted octanol–water partition coefficient (Wildman–Crippen LogP) is -2.01. The Morgan fingerprint density at radius 2 is 1.26 bits per heavy atom. The SMILES string of the molecule is CCC(CC(C)C(=O)ON1C(=O)CC(S(=O)(=O)O)C1=O)C(=O)ON1C(=O)CC(S(=O)(=O)O)C1=O. The fraction of sp³-hybridized carbons (Fsp3) is 0.625. The highest BCUT2D eigenvalue weighted by Gasteiger charge is 2.50. The summed E-state index contributed by atoms with van der Waals surface area (Å²) in [6.45, 7) is 2.70. The second kappa shape index (κ2) is 9.72. The van der Waals surface area contributed by atoms with Crippen molar-refractivity contribution in [3.8, 4) is 0 Å². The molecule has 0 aromatic rings. The van der Waals surface area contributed by atoms with E-state index in [4.69, 9.17) is 9.11 Å². The number of nitrogens with zero attached hydrogens (tertiary/aromatic N) is 2. The molecule has 2 aliphatic heterocycles. The zero-order valence-corrected chi connectivity index (χ0v) is 19.3. The normalized spacial score (nSPS) is 23.3. The van der Waals surface area contributed by atoms with Crippen LogP contribution in [0, 0.1) is 11.8 Å². The molecule has 34 heavy (non-hydrogen) atoms. The van der Waals surface area contributed by atoms with Gasteiger partial charge in [0.25, 0.3) is 43.9 Å². The van der Waals surface area contributed by atoms with Gasteiger partial charge >= 0.3 is 11.9 Å². The van der Waals surface area contributed by atoms with Crippen LogP contribution in [0.4, 0.5) is 0 Å². The summed E-state index contributed by atoms with van der Waals surface area (Å²) in [5.41, 5.74) is 0. The van der Waals surface area contributed by atoms with Gasteiger partial charge in [-0.2, -0.15) is 16.8 Å². The van der Waals surface area contributed by atoms with Crippen LogP contribution >= 0.6 is 0 Å². The van der Waals surface area contributed by atoms with E-state index in [1.165, 1.54) is 13.8 Å². The second-order valence-corrected chi connectivity index (χ2v) is 10.7. The highest BCUT2D eigenvalue weighted by molar-refractivity contribution is 7.87. The molecule has 0 bridgehead atoms. The molecule has 190 valence electrons. The minimum atomic E-state index is -4.92. The molecule has 4 amide bonds. The first-order valence-electron chi connectivity index (χ1n) is 9.58. The lowest BCUT2D eigenvalue weighted by Gasteiger charge is -2.21. The summed E-state index contributed by atoms with van der Waals surface area (Å²) in [5, 5.41) is -4.44. The third-order valence-corrected chi connectivity index (χ3v) is 7.25. The van der Waals surface area contributed by atoms with E-state index < -0.39 is 91.0 Å². The first-order valence-corrected chi connectivity index (χ1v) is 12.6. The summed E-state index contributed by atoms with van der Waals surface area (Å²) in [5.74, 6) is -10.1. The summed E-state index contributed by atoms with van der Waals surface area (Å²) in [6, 6.07) is 0. The highest BCUT2D eigenvalue weighted by Crippen LogP contribution is 2.25. The van der Waals surface area contributed by atoms with E-state index in [2.05, 4.69) is 9.68 Å². The van der Waals surface area contributed by atoms with Gasteiger partial charge in [-0.15, -0.1) is 10.1 Å². The number of carbonyl (C=O) groups is 6. The Kier molecular flexibility index (Phi) is 7.80. The van der Waals surface area contributed by atoms with E-state index >= 15 is 0 Å². The minimum Gasteiger partial charge on any atom is -0.330 e. The first-order chi connectivity index (χ1) is 15.5. The van der Waals surface area contributed by atoms with Crippen molar-refractivity contribution < 1.29 is 64.4 Å². The number of amides is 4. The van der Waals surface area contributed by atoms with Crippen molar-refractivity contribution in [1.82, 2.24) is 10.1 Å². The van der Waals surface area contributed by atoms with E-state index in [0.29, 0.717) is 0 Å². The minimum absolute atomic E-state index is 0.000801. The summed E-state index contributed by atoms with van der Waals surface area (Å²) in [4.78, 5) is 81.5. The van der Waals surface area contributed by atoms with Crippen LogP contribution in [-0.2, 0) is 58.7 Å². The molecule has 2 rings (SSSR count). The van der Waals surface area contributed by atoms with Gasteiger partial charge in [0.1, 0.15) is 0 Å². The van der Waals surface area contributed by atoms with E-state index in [-0.39, 0.29) is 23.0 Å². The van der Waals surface area contributed by atoms with Crippen molar-refractivity contribution in [1.29, 1.82) is 0 Å². The quantitative estimate of drug-likeness (QED) is 0.243. The summed E-state index contributed by atoms with van der Waals surface area (Å²) in [7, 11) is -9.84. The van der Waals surface area contributed by atoms with Crippen LogP contribution < -0.4 is 0 Å². The van der Waals surface area contributed by atoms with Gasteiger partial charge in [0.2, 0.25) is 0 Å². The fourth-order valence-electron chi connectivity index (χ4n) is 3.12. The zero-order valence-electron chi connectivity index (χ0n) is 17.6. The molecule has 2 heterocycles. The predicted molar refractivity (Wildman–Crippen MR) is 103 cm³/mol. The van der Waals surface area contributed by atoms with Gasteiger partial charge in [0, 0.05) is 0 Å². The standard InChI is InChI=1S/C16H20N2O14S2/c1-3-8(16(24)32-18-12(20)6-10(14(18)22)34(28,29)30)4-7(2)15(23)31-17-11(19)5-9(13(17)21)33(25,26)27/h7-10H,3-6H2,1-2H3,(H,25,26,27)(H,28,29,30). The maximum atomic E-state index is 12.4. The smallest absolute Gasteiger partial charge is 0.330 e. The van der Waals surface area contributed by atoms with Crippen LogP contribution in [0.3, 0.4) is 0 Å². The van der Waals surface area contributed by atoms with Crippen molar-refractivity contribution in [3.63, 3.8) is 0 Å². The lowest BCUT2D eigenvalue weighted by atomic mass is 9.94. The Labute approximate surface area is 192 Å². The Morgan fingerprint density at radius 3 is 1.59 bits per heavy atom. The maximum absolute atomic E-state index is 12.4. The molecule has 4 atom stereocenters. The van der Waals surface area contributed by atoms with E-state index in [0.717, 1.165) is 0 Å². The van der Waals surface area contributed by atoms with E-state index in [1.807, 2.05) is 0 Å². The largest absolute Gasteiger partial charge is 0.336 e. The topological polar surface area (TPSA) is 236 Å². The number of hydrogen-bond donors (Lipinski definition) is 2. The molecule has 18 heteroatoms. The molecule has 2 N–H and O–H groups in total. The average Bonchev–Trinajstić information content (AvgIpc) is 3.16. The van der Waals surface area contributed by atoms with Crippen LogP contribution in [0.25, 0.3) is 0 Å². The molecule has 16 nitrogen and oxygen atoms in total. The average molecular weight is 528 g/mol. The highest BCUT2D eigenvalue weighted by atomic mass is 32.2. The van der Waals surface area contributed by atoms with Gasteiger partial charge < -0.3 is 9.68 Å². The second-order valence-electron chi connectivity index (χ2n) is 7.53. The summed E-state index contributed by atoms with van der Waals surface area (Å²) in [6.07, 6.45) is -2.22. The van der Waals surface area contributed by atoms with Crippen molar-refractivity contribution >= 4 is 55.8 Å². The van der Waals surface area contributed by atoms with Crippen LogP contribution in [0.1, 0.15) is 39.5 Å². The molecule has 0 aliphatic carbocycles. The number of carbonyl (C=O) groups excluding carboxylic acids is 6. The Bertz CT molecular complexity index is 1140. The molecule has 0 aromatic carbocycles. The molecular formula is C16H20N2O14S2. The third-order valence-electron chi connectivity index (χ3n) is 5.07. The van der Waals surface area contributed by atoms with Crippen molar-refractivity contribution in [2.45, 2.75) is 50.0 Å². The van der Waals surface area contributed by atoms with Gasteiger partial charge in [-0.25, -0.2) is 9.59 Å². The van der Waals surface area contributed by atoms with E-state index in [1.54, 1.807) is 0 Å². The molecule has 2 saturated heterocycles. The molecule has 4 unspecified atom stereocenters. The van der Waals surface area contributed by atoms with Gasteiger partial charge in [0.15, 0.2) is 10.5 Å². The molecule has 0 radical (unpaired) electrons.